The molecule has 0 aliphatic heterocycles. The van der Waals surface area contributed by atoms with Crippen LogP contribution in [0.15, 0.2) is 24.3 Å². The summed E-state index contributed by atoms with van der Waals surface area (Å²) < 4.78 is 36.2. The number of unbranched alkanes of at least 4 members (excludes halogenated alkanes) is 1. The van der Waals surface area contributed by atoms with E-state index in [1.807, 2.05) is 6.92 Å². The van der Waals surface area contributed by atoms with Crippen molar-refractivity contribution in [3.8, 4) is 0 Å². The van der Waals surface area contributed by atoms with Crippen molar-refractivity contribution in [2.75, 3.05) is 0 Å². The number of halogens is 3. The zero-order valence-electron chi connectivity index (χ0n) is 8.82. The van der Waals surface area contributed by atoms with Crippen LogP contribution in [0.25, 0.3) is 0 Å². The highest BCUT2D eigenvalue weighted by Gasteiger charge is 2.32. The average molecular weight is 219 g/mol. The lowest BCUT2D eigenvalue weighted by molar-refractivity contribution is -0.0584. The highest BCUT2D eigenvalue weighted by Crippen LogP contribution is 2.20. The maximum absolute atomic E-state index is 12.1. The first-order chi connectivity index (χ1) is 6.91. The minimum absolute atomic E-state index is 0.415. The smallest absolute Gasteiger partial charge is 0.296 e. The van der Waals surface area contributed by atoms with E-state index in [-0.39, 0.29) is 0 Å². The molecular formula is C11H16F3N. The number of nitrogens with one attached hydrogen (secondary N) is 1. The first-order valence-electron chi connectivity index (χ1n) is 4.88. The standard InChI is InChI=1S/C11H16F3N/c1-3-5-7-9(6-4-2)8-10(15)11(12,13)14/h4,8,15H,2-3,5-7H2,1H3/b9-8-,15-10?. The molecule has 0 heterocycles. The molecule has 0 aromatic heterocycles. The number of hydrogen-bond acceptors (Lipinski definition) is 1. The van der Waals surface area contributed by atoms with E-state index in [1.165, 1.54) is 0 Å². The van der Waals surface area contributed by atoms with E-state index in [4.69, 9.17) is 5.41 Å². The van der Waals surface area contributed by atoms with Crippen molar-refractivity contribution >= 4 is 5.71 Å². The molecule has 0 saturated carbocycles. The van der Waals surface area contributed by atoms with E-state index >= 15 is 0 Å². The van der Waals surface area contributed by atoms with Gasteiger partial charge in [-0.15, -0.1) is 6.58 Å². The van der Waals surface area contributed by atoms with Gasteiger partial charge in [-0.05, 0) is 25.3 Å². The molecule has 0 bridgehead atoms. The summed E-state index contributed by atoms with van der Waals surface area (Å²) in [5.74, 6) is 0. The van der Waals surface area contributed by atoms with Crippen LogP contribution < -0.4 is 0 Å². The Bertz CT molecular complexity index is 251. The minimum Gasteiger partial charge on any atom is -0.296 e. The Balaban J connectivity index is 4.52. The Morgan fingerprint density at radius 2 is 2.00 bits per heavy atom. The van der Waals surface area contributed by atoms with Crippen LogP contribution in [-0.2, 0) is 0 Å². The maximum atomic E-state index is 12.1. The van der Waals surface area contributed by atoms with E-state index in [0.717, 1.165) is 18.9 Å². The van der Waals surface area contributed by atoms with Crippen LogP contribution in [0.3, 0.4) is 0 Å². The van der Waals surface area contributed by atoms with Gasteiger partial charge in [0.05, 0.1) is 0 Å². The molecule has 0 aromatic carbocycles. The van der Waals surface area contributed by atoms with E-state index < -0.39 is 11.9 Å². The fourth-order valence-corrected chi connectivity index (χ4v) is 1.11. The summed E-state index contributed by atoms with van der Waals surface area (Å²) >= 11 is 0. The first kappa shape index (κ1) is 13.9. The van der Waals surface area contributed by atoms with Crippen LogP contribution >= 0.6 is 0 Å². The average Bonchev–Trinajstić information content (AvgIpc) is 2.13. The molecule has 15 heavy (non-hydrogen) atoms. The summed E-state index contributed by atoms with van der Waals surface area (Å²) in [6, 6.07) is 0. The van der Waals surface area contributed by atoms with Crippen molar-refractivity contribution in [3.05, 3.63) is 24.3 Å². The second-order valence-corrected chi connectivity index (χ2v) is 3.31. The summed E-state index contributed by atoms with van der Waals surface area (Å²) in [5, 5.41) is 6.85. The monoisotopic (exact) mass is 219 g/mol. The second-order valence-electron chi connectivity index (χ2n) is 3.31. The third kappa shape index (κ3) is 6.10. The molecule has 0 aliphatic rings. The summed E-state index contributed by atoms with van der Waals surface area (Å²) in [6.07, 6.45) is 0.708. The molecule has 0 fully saturated rings. The Morgan fingerprint density at radius 3 is 2.40 bits per heavy atom. The van der Waals surface area contributed by atoms with Gasteiger partial charge in [0, 0.05) is 0 Å². The summed E-state index contributed by atoms with van der Waals surface area (Å²) in [4.78, 5) is 0. The van der Waals surface area contributed by atoms with Gasteiger partial charge in [-0.3, -0.25) is 5.41 Å². The third-order valence-corrected chi connectivity index (χ3v) is 1.91. The maximum Gasteiger partial charge on any atom is 0.432 e. The minimum atomic E-state index is -4.54. The quantitative estimate of drug-likeness (QED) is 0.509. The molecule has 0 aromatic rings. The second kappa shape index (κ2) is 6.43. The zero-order valence-corrected chi connectivity index (χ0v) is 8.82. The molecule has 0 unspecified atom stereocenters. The van der Waals surface area contributed by atoms with Gasteiger partial charge >= 0.3 is 6.18 Å². The van der Waals surface area contributed by atoms with Crippen molar-refractivity contribution in [1.29, 1.82) is 5.41 Å². The number of alkyl halides is 3. The SMILES string of the molecule is C=CC/C(=C/C(=N)C(F)(F)F)CCCC. The lowest BCUT2D eigenvalue weighted by Gasteiger charge is -2.07. The molecule has 0 spiro atoms. The Labute approximate surface area is 88.2 Å². The molecular weight excluding hydrogens is 203 g/mol. The normalized spacial score (nSPS) is 12.7. The fourth-order valence-electron chi connectivity index (χ4n) is 1.11. The highest BCUT2D eigenvalue weighted by atomic mass is 19.4. The van der Waals surface area contributed by atoms with Crippen molar-refractivity contribution < 1.29 is 13.2 Å². The molecule has 0 atom stereocenters. The Hall–Kier alpha value is -1.06. The van der Waals surface area contributed by atoms with Crippen molar-refractivity contribution in [3.63, 3.8) is 0 Å². The highest BCUT2D eigenvalue weighted by molar-refractivity contribution is 5.97. The van der Waals surface area contributed by atoms with Crippen LogP contribution in [0.2, 0.25) is 0 Å². The van der Waals surface area contributed by atoms with Gasteiger partial charge in [-0.2, -0.15) is 13.2 Å². The zero-order chi connectivity index (χ0) is 11.9. The number of hydrogen-bond donors (Lipinski definition) is 1. The summed E-state index contributed by atoms with van der Waals surface area (Å²) in [6.45, 7) is 5.46. The first-order valence-corrected chi connectivity index (χ1v) is 4.88. The molecule has 0 rings (SSSR count). The van der Waals surface area contributed by atoms with Gasteiger partial charge in [-0.25, -0.2) is 0 Å². The Kier molecular flexibility index (Phi) is 5.97. The van der Waals surface area contributed by atoms with Crippen LogP contribution in [0, 0.1) is 5.41 Å². The summed E-state index contributed by atoms with van der Waals surface area (Å²) in [7, 11) is 0. The van der Waals surface area contributed by atoms with E-state index in [2.05, 4.69) is 6.58 Å². The molecule has 0 amide bonds. The van der Waals surface area contributed by atoms with E-state index in [0.29, 0.717) is 18.4 Å². The van der Waals surface area contributed by atoms with Gasteiger partial charge in [0.25, 0.3) is 0 Å². The molecule has 1 nitrogen and oxygen atoms in total. The van der Waals surface area contributed by atoms with Crippen molar-refractivity contribution in [2.24, 2.45) is 0 Å². The van der Waals surface area contributed by atoms with Crippen LogP contribution in [-0.4, -0.2) is 11.9 Å². The lowest BCUT2D eigenvalue weighted by Crippen LogP contribution is -2.19. The fraction of sp³-hybridized carbons (Fsp3) is 0.545. The van der Waals surface area contributed by atoms with Gasteiger partial charge in [0.1, 0.15) is 5.71 Å². The summed E-state index contributed by atoms with van der Waals surface area (Å²) in [5.41, 5.74) is -0.662. The molecule has 86 valence electrons. The van der Waals surface area contributed by atoms with E-state index in [1.54, 1.807) is 6.08 Å². The van der Waals surface area contributed by atoms with Crippen molar-refractivity contribution in [1.82, 2.24) is 0 Å². The van der Waals surface area contributed by atoms with Gasteiger partial charge in [-0.1, -0.05) is 25.0 Å². The van der Waals surface area contributed by atoms with Gasteiger partial charge < -0.3 is 0 Å². The number of allylic oxidation sites excluding steroid dienone is 3. The predicted molar refractivity (Wildman–Crippen MR) is 56.2 cm³/mol. The third-order valence-electron chi connectivity index (χ3n) is 1.91. The van der Waals surface area contributed by atoms with Gasteiger partial charge in [0.2, 0.25) is 0 Å². The molecule has 0 radical (unpaired) electrons. The van der Waals surface area contributed by atoms with Gasteiger partial charge in [0.15, 0.2) is 0 Å². The van der Waals surface area contributed by atoms with Crippen molar-refractivity contribution in [2.45, 2.75) is 38.8 Å². The lowest BCUT2D eigenvalue weighted by atomic mass is 10.0. The predicted octanol–water partition coefficient (Wildman–Crippen LogP) is 4.26. The topological polar surface area (TPSA) is 23.9 Å². The molecule has 0 aliphatic carbocycles. The molecule has 4 heteroatoms. The molecule has 0 saturated heterocycles. The van der Waals surface area contributed by atoms with Crippen LogP contribution in [0.1, 0.15) is 32.6 Å². The molecule has 1 N–H and O–H groups in total. The number of rotatable bonds is 6. The Morgan fingerprint density at radius 1 is 1.40 bits per heavy atom. The van der Waals surface area contributed by atoms with Crippen LogP contribution in [0.5, 0.6) is 0 Å². The van der Waals surface area contributed by atoms with E-state index in [9.17, 15) is 13.2 Å². The van der Waals surface area contributed by atoms with Crippen LogP contribution in [0.4, 0.5) is 13.2 Å². The largest absolute Gasteiger partial charge is 0.432 e.